The molecule has 178 valence electrons. The Labute approximate surface area is 206 Å². The molecule has 0 saturated carbocycles. The number of carbonyl (C=O) groups is 1. The van der Waals surface area contributed by atoms with E-state index in [0.29, 0.717) is 10.6 Å². The summed E-state index contributed by atoms with van der Waals surface area (Å²) < 4.78 is 15.6. The number of piperidine rings is 2. The minimum atomic E-state index is -0.405. The fourth-order valence-corrected chi connectivity index (χ4v) is 6.33. The lowest BCUT2D eigenvalue weighted by molar-refractivity contribution is 0.0828. The number of hydrogen-bond acceptors (Lipinski definition) is 4. The van der Waals surface area contributed by atoms with Crippen LogP contribution < -0.4 is 4.90 Å². The van der Waals surface area contributed by atoms with E-state index in [2.05, 4.69) is 9.21 Å². The molecule has 7 heteroatoms. The van der Waals surface area contributed by atoms with Crippen molar-refractivity contribution in [3.05, 3.63) is 58.6 Å². The van der Waals surface area contributed by atoms with Crippen LogP contribution in [0.15, 0.2) is 47.4 Å². The van der Waals surface area contributed by atoms with Crippen molar-refractivity contribution in [1.82, 2.24) is 9.21 Å². The Morgan fingerprint density at radius 3 is 2.27 bits per heavy atom. The second-order valence-electron chi connectivity index (χ2n) is 9.29. The van der Waals surface area contributed by atoms with Gasteiger partial charge in [-0.15, -0.1) is 0 Å². The largest absolute Gasteiger partial charge is 0.371 e. The first-order chi connectivity index (χ1) is 16.0. The zero-order valence-electron chi connectivity index (χ0n) is 19.5. The summed E-state index contributed by atoms with van der Waals surface area (Å²) in [7, 11) is 3.48. The molecule has 0 radical (unpaired) electrons. The number of halogens is 2. The van der Waals surface area contributed by atoms with Crippen molar-refractivity contribution in [2.75, 3.05) is 45.2 Å². The molecular formula is C26H33ClFN3OS. The van der Waals surface area contributed by atoms with Crippen molar-refractivity contribution in [1.29, 1.82) is 0 Å². The smallest absolute Gasteiger partial charge is 0.254 e. The Balaban J connectivity index is 1.27. The Bertz CT molecular complexity index is 956. The highest BCUT2D eigenvalue weighted by Gasteiger charge is 2.30. The summed E-state index contributed by atoms with van der Waals surface area (Å²) in [6.07, 6.45) is 4.81. The summed E-state index contributed by atoms with van der Waals surface area (Å²) in [6.45, 7) is 3.78. The van der Waals surface area contributed by atoms with E-state index in [1.807, 2.05) is 42.5 Å². The van der Waals surface area contributed by atoms with Gasteiger partial charge in [0.15, 0.2) is 0 Å². The fraction of sp³-hybridized carbons (Fsp3) is 0.500. The van der Waals surface area contributed by atoms with E-state index in [-0.39, 0.29) is 5.91 Å². The van der Waals surface area contributed by atoms with Gasteiger partial charge in [-0.05, 0) is 79.3 Å². The maximum Gasteiger partial charge on any atom is 0.254 e. The predicted octanol–water partition coefficient (Wildman–Crippen LogP) is 6.15. The second kappa shape index (κ2) is 11.1. The average molecular weight is 490 g/mol. The highest BCUT2D eigenvalue weighted by molar-refractivity contribution is 7.97. The Morgan fingerprint density at radius 1 is 1.03 bits per heavy atom. The third-order valence-electron chi connectivity index (χ3n) is 7.00. The lowest BCUT2D eigenvalue weighted by atomic mass is 9.79. The number of benzene rings is 2. The van der Waals surface area contributed by atoms with Gasteiger partial charge in [0.1, 0.15) is 6.67 Å². The Kier molecular flexibility index (Phi) is 8.20. The quantitative estimate of drug-likeness (QED) is 0.455. The molecule has 4 nitrogen and oxygen atoms in total. The van der Waals surface area contributed by atoms with E-state index in [1.165, 1.54) is 25.7 Å². The standard InChI is InChI=1S/C26H33ClFN3OS/c1-29(2)26(32)23-8-7-22(17-24(23)27)30-13-9-19(10-14-30)20-11-15-31(16-12-20)33-25-6-4-3-5-21(25)18-28/h3-8,17,19-20H,9-16,18H2,1-2H3. The fourth-order valence-electron chi connectivity index (χ4n) is 5.02. The van der Waals surface area contributed by atoms with Crippen LogP contribution in [0, 0.1) is 11.8 Å². The highest BCUT2D eigenvalue weighted by atomic mass is 35.5. The van der Waals surface area contributed by atoms with Crippen LogP contribution in [0.5, 0.6) is 0 Å². The van der Waals surface area contributed by atoms with Gasteiger partial charge in [0.2, 0.25) is 0 Å². The third kappa shape index (κ3) is 5.84. The number of carbonyl (C=O) groups excluding carboxylic acids is 1. The minimum absolute atomic E-state index is 0.0667. The zero-order chi connectivity index (χ0) is 23.4. The molecule has 2 fully saturated rings. The number of hydrogen-bond donors (Lipinski definition) is 0. The van der Waals surface area contributed by atoms with Gasteiger partial charge in [0.25, 0.3) is 5.91 Å². The molecule has 0 spiro atoms. The number of anilines is 1. The maximum absolute atomic E-state index is 13.2. The summed E-state index contributed by atoms with van der Waals surface area (Å²) >= 11 is 8.14. The van der Waals surface area contributed by atoms with Crippen molar-refractivity contribution in [3.63, 3.8) is 0 Å². The molecule has 0 N–H and O–H groups in total. The van der Waals surface area contributed by atoms with E-state index in [4.69, 9.17) is 11.6 Å². The van der Waals surface area contributed by atoms with E-state index in [1.54, 1.807) is 30.9 Å². The van der Waals surface area contributed by atoms with Gasteiger partial charge in [-0.1, -0.05) is 29.8 Å². The first kappa shape index (κ1) is 24.4. The molecule has 4 rings (SSSR count). The second-order valence-corrected chi connectivity index (χ2v) is 10.8. The molecule has 0 aromatic heterocycles. The lowest BCUT2D eigenvalue weighted by Gasteiger charge is -2.40. The first-order valence-electron chi connectivity index (χ1n) is 11.8. The molecule has 2 saturated heterocycles. The molecule has 2 aliphatic rings. The molecule has 2 heterocycles. The summed E-state index contributed by atoms with van der Waals surface area (Å²) in [6, 6.07) is 13.6. The van der Waals surface area contributed by atoms with Gasteiger partial charge in [-0.3, -0.25) is 4.79 Å². The molecule has 2 aliphatic heterocycles. The topological polar surface area (TPSA) is 26.8 Å². The maximum atomic E-state index is 13.2. The average Bonchev–Trinajstić information content (AvgIpc) is 2.84. The summed E-state index contributed by atoms with van der Waals surface area (Å²) in [4.78, 5) is 17.2. The van der Waals surface area contributed by atoms with Crippen LogP contribution in [0.1, 0.15) is 41.6 Å². The zero-order valence-corrected chi connectivity index (χ0v) is 21.0. The van der Waals surface area contributed by atoms with Crippen molar-refractivity contribution in [2.45, 2.75) is 37.3 Å². The highest BCUT2D eigenvalue weighted by Crippen LogP contribution is 2.37. The molecule has 0 bridgehead atoms. The summed E-state index contributed by atoms with van der Waals surface area (Å²) in [5.74, 6) is 1.46. The van der Waals surface area contributed by atoms with E-state index < -0.39 is 6.67 Å². The predicted molar refractivity (Wildman–Crippen MR) is 136 cm³/mol. The first-order valence-corrected chi connectivity index (χ1v) is 12.9. The number of nitrogens with zero attached hydrogens (tertiary/aromatic N) is 3. The molecule has 2 aromatic carbocycles. The van der Waals surface area contributed by atoms with Gasteiger partial charge in [-0.25, -0.2) is 8.70 Å². The third-order valence-corrected chi connectivity index (χ3v) is 8.53. The lowest BCUT2D eigenvalue weighted by Crippen LogP contribution is -2.39. The Morgan fingerprint density at radius 2 is 1.67 bits per heavy atom. The number of alkyl halides is 1. The van der Waals surface area contributed by atoms with Crippen molar-refractivity contribution in [3.8, 4) is 0 Å². The number of amides is 1. The molecule has 2 aromatic rings. The molecule has 0 aliphatic carbocycles. The van der Waals surface area contributed by atoms with Crippen LogP contribution >= 0.6 is 23.5 Å². The summed E-state index contributed by atoms with van der Waals surface area (Å²) in [5, 5.41) is 0.521. The SMILES string of the molecule is CN(C)C(=O)c1ccc(N2CCC(C3CCN(Sc4ccccc4CF)CC3)CC2)cc1Cl. The van der Waals surface area contributed by atoms with Crippen molar-refractivity contribution >= 4 is 35.1 Å². The molecule has 0 unspecified atom stereocenters. The van der Waals surface area contributed by atoms with Gasteiger partial charge >= 0.3 is 0 Å². The van der Waals surface area contributed by atoms with Crippen LogP contribution in [0.25, 0.3) is 0 Å². The van der Waals surface area contributed by atoms with Crippen LogP contribution in [0.2, 0.25) is 5.02 Å². The van der Waals surface area contributed by atoms with Crippen LogP contribution in [-0.2, 0) is 6.67 Å². The normalized spacial score (nSPS) is 18.5. The van der Waals surface area contributed by atoms with Crippen LogP contribution in [-0.4, -0.2) is 55.4 Å². The Hall–Kier alpha value is -1.76. The minimum Gasteiger partial charge on any atom is -0.371 e. The van der Waals surface area contributed by atoms with E-state index in [0.717, 1.165) is 54.2 Å². The number of rotatable bonds is 6. The monoisotopic (exact) mass is 489 g/mol. The van der Waals surface area contributed by atoms with E-state index >= 15 is 0 Å². The van der Waals surface area contributed by atoms with Gasteiger partial charge < -0.3 is 9.80 Å². The molecule has 0 atom stereocenters. The van der Waals surface area contributed by atoms with Gasteiger partial charge in [0.05, 0.1) is 10.6 Å². The van der Waals surface area contributed by atoms with Crippen LogP contribution in [0.3, 0.4) is 0 Å². The molecule has 33 heavy (non-hydrogen) atoms. The molecule has 1 amide bonds. The van der Waals surface area contributed by atoms with Gasteiger partial charge in [0, 0.05) is 50.9 Å². The van der Waals surface area contributed by atoms with E-state index in [9.17, 15) is 9.18 Å². The summed E-state index contributed by atoms with van der Waals surface area (Å²) in [5.41, 5.74) is 2.45. The van der Waals surface area contributed by atoms with Gasteiger partial charge in [-0.2, -0.15) is 0 Å². The van der Waals surface area contributed by atoms with Crippen molar-refractivity contribution in [2.24, 2.45) is 11.8 Å². The van der Waals surface area contributed by atoms with Crippen LogP contribution in [0.4, 0.5) is 10.1 Å². The van der Waals surface area contributed by atoms with Crippen molar-refractivity contribution < 1.29 is 9.18 Å². The molecular weight excluding hydrogens is 457 g/mol.